The quantitative estimate of drug-likeness (QED) is 0.493. The molecule has 5 heteroatoms. The Morgan fingerprint density at radius 3 is 1.62 bits per heavy atom. The lowest BCUT2D eigenvalue weighted by atomic mass is 9.89. The Morgan fingerprint density at radius 2 is 1.15 bits per heavy atom. The SMILES string of the molecule is O=C(O)/C=C/C=C/C1CCCCC1.O=C(O)/C=C/C=C/C1CCNCC1. The Kier molecular flexibility index (Phi) is 11.9. The van der Waals surface area contributed by atoms with Crippen molar-refractivity contribution in [2.75, 3.05) is 13.1 Å². The number of carboxylic acid groups (broad SMARTS) is 2. The first-order valence-corrected chi connectivity index (χ1v) is 9.44. The molecule has 0 aromatic carbocycles. The van der Waals surface area contributed by atoms with Crippen LogP contribution in [0.15, 0.2) is 48.6 Å². The van der Waals surface area contributed by atoms with E-state index < -0.39 is 11.9 Å². The van der Waals surface area contributed by atoms with Crippen molar-refractivity contribution in [3.8, 4) is 0 Å². The lowest BCUT2D eigenvalue weighted by Crippen LogP contribution is -2.26. The molecule has 2 rings (SSSR count). The van der Waals surface area contributed by atoms with Gasteiger partial charge in [-0.3, -0.25) is 0 Å². The summed E-state index contributed by atoms with van der Waals surface area (Å²) in [6.07, 6.45) is 22.2. The average molecular weight is 361 g/mol. The molecule has 3 N–H and O–H groups in total. The third-order valence-corrected chi connectivity index (χ3v) is 4.50. The molecule has 0 unspecified atom stereocenters. The highest BCUT2D eigenvalue weighted by molar-refractivity contribution is 5.80. The van der Waals surface area contributed by atoms with Crippen LogP contribution in [-0.4, -0.2) is 35.2 Å². The van der Waals surface area contributed by atoms with Crippen LogP contribution in [0.4, 0.5) is 0 Å². The molecule has 1 saturated heterocycles. The molecule has 1 saturated carbocycles. The van der Waals surface area contributed by atoms with Crippen molar-refractivity contribution < 1.29 is 19.8 Å². The average Bonchev–Trinajstić information content (AvgIpc) is 2.64. The van der Waals surface area contributed by atoms with Crippen molar-refractivity contribution in [3.05, 3.63) is 48.6 Å². The van der Waals surface area contributed by atoms with Crippen LogP contribution in [0.5, 0.6) is 0 Å². The van der Waals surface area contributed by atoms with E-state index in [0.29, 0.717) is 11.8 Å². The molecule has 0 aromatic rings. The molecular formula is C21H31NO4. The number of carbonyl (C=O) groups is 2. The maximum absolute atomic E-state index is 10.1. The van der Waals surface area contributed by atoms with Gasteiger partial charge in [-0.2, -0.15) is 0 Å². The number of piperidine rings is 1. The zero-order valence-corrected chi connectivity index (χ0v) is 15.3. The molecule has 0 amide bonds. The second kappa shape index (κ2) is 14.1. The predicted molar refractivity (Wildman–Crippen MR) is 104 cm³/mol. The minimum atomic E-state index is -0.894. The van der Waals surface area contributed by atoms with Crippen molar-refractivity contribution in [1.82, 2.24) is 5.32 Å². The van der Waals surface area contributed by atoms with Crippen LogP contribution in [0.2, 0.25) is 0 Å². The van der Waals surface area contributed by atoms with Gasteiger partial charge in [0.2, 0.25) is 0 Å². The molecule has 1 heterocycles. The lowest BCUT2D eigenvalue weighted by Gasteiger charge is -2.18. The van der Waals surface area contributed by atoms with E-state index in [1.165, 1.54) is 38.2 Å². The highest BCUT2D eigenvalue weighted by Gasteiger charge is 2.09. The van der Waals surface area contributed by atoms with Gasteiger partial charge >= 0.3 is 11.9 Å². The van der Waals surface area contributed by atoms with E-state index in [0.717, 1.165) is 32.0 Å². The summed E-state index contributed by atoms with van der Waals surface area (Å²) < 4.78 is 0. The minimum Gasteiger partial charge on any atom is -0.478 e. The summed E-state index contributed by atoms with van der Waals surface area (Å²) in [5.41, 5.74) is 0. The summed E-state index contributed by atoms with van der Waals surface area (Å²) in [6.45, 7) is 2.13. The monoisotopic (exact) mass is 361 g/mol. The minimum absolute atomic E-state index is 0.611. The first kappa shape index (κ1) is 21.9. The van der Waals surface area contributed by atoms with Gasteiger partial charge in [0.25, 0.3) is 0 Å². The Hall–Kier alpha value is -2.14. The van der Waals surface area contributed by atoms with Crippen LogP contribution in [0, 0.1) is 11.8 Å². The van der Waals surface area contributed by atoms with Crippen LogP contribution < -0.4 is 5.32 Å². The first-order valence-electron chi connectivity index (χ1n) is 9.44. The number of nitrogens with one attached hydrogen (secondary N) is 1. The Morgan fingerprint density at radius 1 is 0.692 bits per heavy atom. The number of carboxylic acids is 2. The molecule has 0 aromatic heterocycles. The van der Waals surface area contributed by atoms with Crippen LogP contribution in [0.1, 0.15) is 44.9 Å². The number of hydrogen-bond donors (Lipinski definition) is 3. The van der Waals surface area contributed by atoms with Crippen LogP contribution in [-0.2, 0) is 9.59 Å². The molecule has 2 aliphatic rings. The molecule has 0 spiro atoms. The standard InChI is InChI=1S/C11H16O2.C10H15NO2/c12-11(13)9-5-4-8-10-6-2-1-3-7-10;12-10(13)4-2-1-3-9-5-7-11-8-6-9/h4-5,8-10H,1-3,6-7H2,(H,12,13);1-4,9,11H,5-8H2,(H,12,13)/b8-4+,9-5+;3-1+,4-2+. The smallest absolute Gasteiger partial charge is 0.328 e. The molecule has 5 nitrogen and oxygen atoms in total. The van der Waals surface area contributed by atoms with Gasteiger partial charge in [0.1, 0.15) is 0 Å². The number of aliphatic carboxylic acids is 2. The van der Waals surface area contributed by atoms with Gasteiger partial charge in [-0.05, 0) is 50.6 Å². The van der Waals surface area contributed by atoms with E-state index in [9.17, 15) is 9.59 Å². The second-order valence-electron chi connectivity index (χ2n) is 6.65. The highest BCUT2D eigenvalue weighted by Crippen LogP contribution is 2.24. The van der Waals surface area contributed by atoms with Crippen molar-refractivity contribution >= 4 is 11.9 Å². The predicted octanol–water partition coefficient (Wildman–Crippen LogP) is 3.95. The molecule has 0 radical (unpaired) electrons. The van der Waals surface area contributed by atoms with Gasteiger partial charge < -0.3 is 15.5 Å². The van der Waals surface area contributed by atoms with E-state index >= 15 is 0 Å². The summed E-state index contributed by atoms with van der Waals surface area (Å²) in [6, 6.07) is 0. The zero-order valence-electron chi connectivity index (χ0n) is 15.3. The Balaban J connectivity index is 0.000000260. The summed E-state index contributed by atoms with van der Waals surface area (Å²) in [5, 5.41) is 19.9. The highest BCUT2D eigenvalue weighted by atomic mass is 16.4. The topological polar surface area (TPSA) is 86.6 Å². The summed E-state index contributed by atoms with van der Waals surface area (Å²) in [5.74, 6) is -0.491. The normalized spacial score (nSPS) is 20.0. The third kappa shape index (κ3) is 12.3. The summed E-state index contributed by atoms with van der Waals surface area (Å²) in [7, 11) is 0. The fraction of sp³-hybridized carbons (Fsp3) is 0.524. The Bertz CT molecular complexity index is 474. The molecule has 26 heavy (non-hydrogen) atoms. The first-order chi connectivity index (χ1) is 12.6. The van der Waals surface area contributed by atoms with Gasteiger partial charge in [0.05, 0.1) is 0 Å². The van der Waals surface area contributed by atoms with Gasteiger partial charge in [-0.15, -0.1) is 0 Å². The molecule has 144 valence electrons. The van der Waals surface area contributed by atoms with Crippen molar-refractivity contribution in [3.63, 3.8) is 0 Å². The molecular weight excluding hydrogens is 330 g/mol. The van der Waals surface area contributed by atoms with E-state index in [1.54, 1.807) is 12.2 Å². The maximum atomic E-state index is 10.1. The van der Waals surface area contributed by atoms with E-state index in [1.807, 2.05) is 12.2 Å². The third-order valence-electron chi connectivity index (χ3n) is 4.50. The van der Waals surface area contributed by atoms with Gasteiger partial charge in [0.15, 0.2) is 0 Å². The van der Waals surface area contributed by atoms with Gasteiger partial charge in [-0.25, -0.2) is 9.59 Å². The van der Waals surface area contributed by atoms with Gasteiger partial charge in [-0.1, -0.05) is 55.7 Å². The maximum Gasteiger partial charge on any atom is 0.328 e. The number of allylic oxidation sites excluding steroid dienone is 6. The fourth-order valence-electron chi connectivity index (χ4n) is 3.08. The van der Waals surface area contributed by atoms with Crippen LogP contribution >= 0.6 is 0 Å². The fourth-order valence-corrected chi connectivity index (χ4v) is 3.08. The molecule has 0 atom stereocenters. The molecule has 2 fully saturated rings. The van der Waals surface area contributed by atoms with Gasteiger partial charge in [0, 0.05) is 12.2 Å². The number of rotatable bonds is 6. The van der Waals surface area contributed by atoms with E-state index in [-0.39, 0.29) is 0 Å². The number of hydrogen-bond acceptors (Lipinski definition) is 3. The lowest BCUT2D eigenvalue weighted by molar-refractivity contribution is -0.132. The largest absolute Gasteiger partial charge is 0.478 e. The van der Waals surface area contributed by atoms with Crippen molar-refractivity contribution in [1.29, 1.82) is 0 Å². The summed E-state index contributed by atoms with van der Waals surface area (Å²) >= 11 is 0. The van der Waals surface area contributed by atoms with Crippen molar-refractivity contribution in [2.45, 2.75) is 44.9 Å². The van der Waals surface area contributed by atoms with Crippen LogP contribution in [0.3, 0.4) is 0 Å². The zero-order chi connectivity index (χ0) is 19.0. The Labute approximate surface area is 156 Å². The van der Waals surface area contributed by atoms with E-state index in [4.69, 9.17) is 10.2 Å². The summed E-state index contributed by atoms with van der Waals surface area (Å²) in [4.78, 5) is 20.2. The van der Waals surface area contributed by atoms with Crippen molar-refractivity contribution in [2.24, 2.45) is 11.8 Å². The van der Waals surface area contributed by atoms with E-state index in [2.05, 4.69) is 17.5 Å². The second-order valence-corrected chi connectivity index (χ2v) is 6.65. The molecule has 1 aliphatic heterocycles. The van der Waals surface area contributed by atoms with Crippen LogP contribution in [0.25, 0.3) is 0 Å². The molecule has 1 aliphatic carbocycles. The molecule has 0 bridgehead atoms.